The minimum absolute atomic E-state index is 0.109. The summed E-state index contributed by atoms with van der Waals surface area (Å²) in [6.07, 6.45) is 0.722. The zero-order valence-corrected chi connectivity index (χ0v) is 14.7. The van der Waals surface area contributed by atoms with Crippen molar-refractivity contribution >= 4 is 39.1 Å². The Bertz CT molecular complexity index is 527. The minimum atomic E-state index is -0.855. The van der Waals surface area contributed by atoms with Crippen LogP contribution in [0.25, 0.3) is 0 Å². The highest BCUT2D eigenvalue weighted by Gasteiger charge is 2.22. The van der Waals surface area contributed by atoms with Crippen LogP contribution in [0, 0.1) is 0 Å². The molecule has 0 saturated carbocycles. The van der Waals surface area contributed by atoms with Crippen LogP contribution in [-0.4, -0.2) is 54.2 Å². The van der Waals surface area contributed by atoms with Crippen molar-refractivity contribution in [1.82, 2.24) is 4.90 Å². The van der Waals surface area contributed by atoms with E-state index in [4.69, 9.17) is 14.7 Å². The van der Waals surface area contributed by atoms with Gasteiger partial charge in [0.05, 0.1) is 27.1 Å². The lowest BCUT2D eigenvalue weighted by atomic mass is 10.1. The molecule has 2 rings (SSSR count). The Balaban J connectivity index is 1.61. The standard InChI is InChI=1S/C14H19BrN2O4S/c1-10(12-2-3-13(15)22-12)16-21-9-8-20-11-4-6-17(7-5-11)14(18)19/h2-3,11H,4-9H2,1H3,(H,18,19). The lowest BCUT2D eigenvalue weighted by molar-refractivity contribution is -0.0192. The number of piperidine rings is 1. The van der Waals surface area contributed by atoms with Crippen molar-refractivity contribution in [1.29, 1.82) is 0 Å². The van der Waals surface area contributed by atoms with Gasteiger partial charge in [-0.15, -0.1) is 11.3 Å². The summed E-state index contributed by atoms with van der Waals surface area (Å²) in [5, 5.41) is 12.9. The van der Waals surface area contributed by atoms with E-state index in [1.54, 1.807) is 11.3 Å². The Morgan fingerprint density at radius 3 is 2.77 bits per heavy atom. The van der Waals surface area contributed by atoms with Crippen molar-refractivity contribution < 1.29 is 19.5 Å². The predicted octanol–water partition coefficient (Wildman–Crippen LogP) is 3.41. The first-order valence-electron chi connectivity index (χ1n) is 7.08. The fraction of sp³-hybridized carbons (Fsp3) is 0.571. The SMILES string of the molecule is CC(=NOCCOC1CCN(C(=O)O)CC1)c1ccc(Br)s1. The van der Waals surface area contributed by atoms with Crippen LogP contribution in [0.1, 0.15) is 24.6 Å². The second-order valence-corrected chi connectivity index (χ2v) is 7.42. The van der Waals surface area contributed by atoms with Crippen molar-refractivity contribution in [2.45, 2.75) is 25.9 Å². The van der Waals surface area contributed by atoms with Crippen LogP contribution in [-0.2, 0) is 9.57 Å². The molecule has 1 aromatic rings. The summed E-state index contributed by atoms with van der Waals surface area (Å²) in [6.45, 7) is 3.82. The number of carboxylic acid groups (broad SMARTS) is 1. The first kappa shape index (κ1) is 17.2. The quantitative estimate of drug-likeness (QED) is 0.458. The molecule has 1 aliphatic rings. The predicted molar refractivity (Wildman–Crippen MR) is 88.8 cm³/mol. The second-order valence-electron chi connectivity index (χ2n) is 4.95. The van der Waals surface area contributed by atoms with Gasteiger partial charge in [0, 0.05) is 13.1 Å². The molecule has 1 N–H and O–H groups in total. The monoisotopic (exact) mass is 390 g/mol. The van der Waals surface area contributed by atoms with Gasteiger partial charge in [0.2, 0.25) is 0 Å². The average Bonchev–Trinajstić information content (AvgIpc) is 2.94. The van der Waals surface area contributed by atoms with Gasteiger partial charge in [0.25, 0.3) is 0 Å². The zero-order valence-electron chi connectivity index (χ0n) is 12.3. The molecular weight excluding hydrogens is 372 g/mol. The minimum Gasteiger partial charge on any atom is -0.465 e. The largest absolute Gasteiger partial charge is 0.465 e. The van der Waals surface area contributed by atoms with Crippen LogP contribution >= 0.6 is 27.3 Å². The Morgan fingerprint density at radius 2 is 2.18 bits per heavy atom. The van der Waals surface area contributed by atoms with Crippen molar-refractivity contribution in [3.05, 3.63) is 20.8 Å². The molecule has 122 valence electrons. The van der Waals surface area contributed by atoms with Crippen LogP contribution < -0.4 is 0 Å². The number of oxime groups is 1. The van der Waals surface area contributed by atoms with Gasteiger partial charge < -0.3 is 19.6 Å². The van der Waals surface area contributed by atoms with E-state index in [0.29, 0.717) is 26.3 Å². The number of hydrogen-bond acceptors (Lipinski definition) is 5. The number of hydrogen-bond donors (Lipinski definition) is 1. The van der Waals surface area contributed by atoms with Gasteiger partial charge in [0.1, 0.15) is 6.61 Å². The summed E-state index contributed by atoms with van der Waals surface area (Å²) >= 11 is 5.02. The third-order valence-electron chi connectivity index (χ3n) is 3.37. The smallest absolute Gasteiger partial charge is 0.407 e. The van der Waals surface area contributed by atoms with Gasteiger partial charge in [0.15, 0.2) is 0 Å². The highest BCUT2D eigenvalue weighted by Crippen LogP contribution is 2.22. The zero-order chi connectivity index (χ0) is 15.9. The molecular formula is C14H19BrN2O4S. The molecule has 0 atom stereocenters. The van der Waals surface area contributed by atoms with E-state index in [-0.39, 0.29) is 6.10 Å². The summed E-state index contributed by atoms with van der Waals surface area (Å²) in [5.74, 6) is 0. The van der Waals surface area contributed by atoms with Gasteiger partial charge in [-0.3, -0.25) is 0 Å². The molecule has 6 nitrogen and oxygen atoms in total. The van der Waals surface area contributed by atoms with Gasteiger partial charge in [-0.2, -0.15) is 0 Å². The van der Waals surface area contributed by atoms with E-state index < -0.39 is 6.09 Å². The molecule has 22 heavy (non-hydrogen) atoms. The number of halogens is 1. The number of rotatable bonds is 6. The van der Waals surface area contributed by atoms with Gasteiger partial charge in [-0.25, -0.2) is 4.79 Å². The topological polar surface area (TPSA) is 71.4 Å². The molecule has 8 heteroatoms. The maximum absolute atomic E-state index is 10.8. The highest BCUT2D eigenvalue weighted by atomic mass is 79.9. The molecule has 0 spiro atoms. The Hall–Kier alpha value is -1.12. The first-order chi connectivity index (χ1) is 10.6. The van der Waals surface area contributed by atoms with E-state index in [1.807, 2.05) is 19.1 Å². The lowest BCUT2D eigenvalue weighted by Crippen LogP contribution is -2.40. The van der Waals surface area contributed by atoms with Crippen LogP contribution in [0.2, 0.25) is 0 Å². The Labute approximate surface area is 141 Å². The van der Waals surface area contributed by atoms with Gasteiger partial charge >= 0.3 is 6.09 Å². The molecule has 1 amide bonds. The number of likely N-dealkylation sites (tertiary alicyclic amines) is 1. The summed E-state index contributed by atoms with van der Waals surface area (Å²) < 4.78 is 6.75. The fourth-order valence-electron chi connectivity index (χ4n) is 2.16. The maximum atomic E-state index is 10.8. The first-order valence-corrected chi connectivity index (χ1v) is 8.69. The van der Waals surface area contributed by atoms with Crippen LogP contribution in [0.5, 0.6) is 0 Å². The summed E-state index contributed by atoms with van der Waals surface area (Å²) in [6, 6.07) is 3.97. The molecule has 1 aromatic heterocycles. The fourth-order valence-corrected chi connectivity index (χ4v) is 3.48. The van der Waals surface area contributed by atoms with Crippen molar-refractivity contribution in [2.75, 3.05) is 26.3 Å². The van der Waals surface area contributed by atoms with Crippen LogP contribution in [0.3, 0.4) is 0 Å². The molecule has 0 bridgehead atoms. The van der Waals surface area contributed by atoms with E-state index in [2.05, 4.69) is 21.1 Å². The second kappa shape index (κ2) is 8.50. The number of nitrogens with zero attached hydrogens (tertiary/aromatic N) is 2. The molecule has 2 heterocycles. The molecule has 1 aliphatic heterocycles. The third-order valence-corrected chi connectivity index (χ3v) is 5.10. The van der Waals surface area contributed by atoms with Crippen LogP contribution in [0.4, 0.5) is 4.79 Å². The molecule has 0 aromatic carbocycles. The summed E-state index contributed by atoms with van der Waals surface area (Å²) in [4.78, 5) is 18.5. The molecule has 0 radical (unpaired) electrons. The maximum Gasteiger partial charge on any atom is 0.407 e. The van der Waals surface area contributed by atoms with E-state index in [1.165, 1.54) is 4.90 Å². The summed E-state index contributed by atoms with van der Waals surface area (Å²) in [5.41, 5.74) is 0.838. The third kappa shape index (κ3) is 5.26. The van der Waals surface area contributed by atoms with E-state index in [9.17, 15) is 4.79 Å². The van der Waals surface area contributed by atoms with Crippen molar-refractivity contribution in [3.8, 4) is 0 Å². The number of amides is 1. The normalized spacial score (nSPS) is 16.8. The Kier molecular flexibility index (Phi) is 6.66. The van der Waals surface area contributed by atoms with Crippen LogP contribution in [0.15, 0.2) is 21.1 Å². The molecule has 0 unspecified atom stereocenters. The molecule has 0 aliphatic carbocycles. The summed E-state index contributed by atoms with van der Waals surface area (Å²) in [7, 11) is 0. The number of ether oxygens (including phenoxy) is 1. The molecule has 1 fully saturated rings. The van der Waals surface area contributed by atoms with E-state index >= 15 is 0 Å². The number of carbonyl (C=O) groups is 1. The van der Waals surface area contributed by atoms with Gasteiger partial charge in [-0.05, 0) is 47.8 Å². The number of thiophene rings is 1. The average molecular weight is 391 g/mol. The van der Waals surface area contributed by atoms with E-state index in [0.717, 1.165) is 27.2 Å². The highest BCUT2D eigenvalue weighted by molar-refractivity contribution is 9.11. The lowest BCUT2D eigenvalue weighted by Gasteiger charge is -2.29. The van der Waals surface area contributed by atoms with Crippen molar-refractivity contribution in [3.63, 3.8) is 0 Å². The van der Waals surface area contributed by atoms with Gasteiger partial charge in [-0.1, -0.05) is 5.16 Å². The van der Waals surface area contributed by atoms with Crippen molar-refractivity contribution in [2.24, 2.45) is 5.16 Å². The Morgan fingerprint density at radius 1 is 1.45 bits per heavy atom. The molecule has 1 saturated heterocycles.